The molecule has 1 saturated carbocycles. The minimum absolute atomic E-state index is 0.0332. The maximum Gasteiger partial charge on any atom is 0.263 e. The predicted molar refractivity (Wildman–Crippen MR) is 108 cm³/mol. The molecule has 0 atom stereocenters. The molecule has 1 fully saturated rings. The molecule has 0 spiro atoms. The Morgan fingerprint density at radius 1 is 1.08 bits per heavy atom. The van der Waals surface area contributed by atoms with E-state index in [4.69, 9.17) is 11.6 Å². The number of carbonyl (C=O) groups is 1. The zero-order chi connectivity index (χ0) is 17.9. The van der Waals surface area contributed by atoms with E-state index in [0.717, 1.165) is 34.5 Å². The first-order valence-corrected chi connectivity index (χ1v) is 10.3. The highest BCUT2D eigenvalue weighted by Gasteiger charge is 2.23. The molecular weight excluding hydrogens is 364 g/mol. The Labute approximate surface area is 162 Å². The molecule has 0 radical (unpaired) electrons. The van der Waals surface area contributed by atoms with E-state index in [-0.39, 0.29) is 5.91 Å². The molecule has 1 aromatic carbocycles. The van der Waals surface area contributed by atoms with Gasteiger partial charge in [0.25, 0.3) is 5.91 Å². The van der Waals surface area contributed by atoms with Crippen molar-refractivity contribution in [3.63, 3.8) is 0 Å². The lowest BCUT2D eigenvalue weighted by Gasteiger charge is -2.22. The van der Waals surface area contributed by atoms with E-state index in [0.29, 0.717) is 11.1 Å². The van der Waals surface area contributed by atoms with Gasteiger partial charge < -0.3 is 9.88 Å². The smallest absolute Gasteiger partial charge is 0.263 e. The number of aromatic nitrogens is 1. The average Bonchev–Trinajstić information content (AvgIpc) is 3.32. The maximum absolute atomic E-state index is 13.0. The SMILES string of the molecule is O=C(NC1CCCCC1)c1scc(-c2ccc(Cl)cc2)c1-n1cccc1. The molecule has 26 heavy (non-hydrogen) atoms. The van der Waals surface area contributed by atoms with E-state index in [1.54, 1.807) is 0 Å². The molecule has 0 bridgehead atoms. The zero-order valence-corrected chi connectivity index (χ0v) is 16.0. The van der Waals surface area contributed by atoms with Crippen molar-refractivity contribution in [1.82, 2.24) is 9.88 Å². The number of amides is 1. The van der Waals surface area contributed by atoms with Crippen molar-refractivity contribution in [1.29, 1.82) is 0 Å². The summed E-state index contributed by atoms with van der Waals surface area (Å²) in [5.74, 6) is 0.0332. The molecule has 0 aliphatic heterocycles. The van der Waals surface area contributed by atoms with Crippen LogP contribution in [0.15, 0.2) is 54.2 Å². The van der Waals surface area contributed by atoms with E-state index < -0.39 is 0 Å². The summed E-state index contributed by atoms with van der Waals surface area (Å²) in [6.07, 6.45) is 9.82. The van der Waals surface area contributed by atoms with Gasteiger partial charge in [-0.25, -0.2) is 0 Å². The van der Waals surface area contributed by atoms with Gasteiger partial charge in [0.15, 0.2) is 0 Å². The standard InChI is InChI=1S/C21H21ClN2OS/c22-16-10-8-15(9-11-16)18-14-26-20(19(18)24-12-4-5-13-24)21(25)23-17-6-2-1-3-7-17/h4-5,8-14,17H,1-3,6-7H2,(H,23,25). The highest BCUT2D eigenvalue weighted by molar-refractivity contribution is 7.13. The Kier molecular flexibility index (Phi) is 5.14. The van der Waals surface area contributed by atoms with Crippen molar-refractivity contribution in [2.24, 2.45) is 0 Å². The number of carbonyl (C=O) groups excluding carboxylic acids is 1. The molecule has 3 nitrogen and oxygen atoms in total. The first kappa shape index (κ1) is 17.4. The van der Waals surface area contributed by atoms with Crippen molar-refractivity contribution >= 4 is 28.8 Å². The molecule has 1 amide bonds. The van der Waals surface area contributed by atoms with Crippen LogP contribution in [0.5, 0.6) is 0 Å². The van der Waals surface area contributed by atoms with E-state index in [1.807, 2.05) is 53.4 Å². The molecule has 134 valence electrons. The maximum atomic E-state index is 13.0. The summed E-state index contributed by atoms with van der Waals surface area (Å²) in [6.45, 7) is 0. The fourth-order valence-electron chi connectivity index (χ4n) is 3.58. The van der Waals surface area contributed by atoms with Crippen LogP contribution in [0, 0.1) is 0 Å². The second kappa shape index (κ2) is 7.68. The summed E-state index contributed by atoms with van der Waals surface area (Å²) >= 11 is 7.54. The molecule has 4 rings (SSSR count). The van der Waals surface area contributed by atoms with Crippen LogP contribution in [0.3, 0.4) is 0 Å². The van der Waals surface area contributed by atoms with Gasteiger partial charge in [-0.1, -0.05) is 43.0 Å². The van der Waals surface area contributed by atoms with Crippen LogP contribution >= 0.6 is 22.9 Å². The number of benzene rings is 1. The second-order valence-electron chi connectivity index (χ2n) is 6.73. The molecule has 1 aliphatic rings. The Morgan fingerprint density at radius 3 is 2.46 bits per heavy atom. The third-order valence-corrected chi connectivity index (χ3v) is 6.15. The van der Waals surface area contributed by atoms with Crippen molar-refractivity contribution in [3.8, 4) is 16.8 Å². The number of nitrogens with one attached hydrogen (secondary N) is 1. The average molecular weight is 385 g/mol. The molecular formula is C21H21ClN2OS. The number of hydrogen-bond acceptors (Lipinski definition) is 2. The summed E-state index contributed by atoms with van der Waals surface area (Å²) in [6, 6.07) is 12.0. The highest BCUT2D eigenvalue weighted by Crippen LogP contribution is 2.35. The van der Waals surface area contributed by atoms with Crippen molar-refractivity contribution in [2.45, 2.75) is 38.1 Å². The van der Waals surface area contributed by atoms with E-state index in [1.165, 1.54) is 30.6 Å². The van der Waals surface area contributed by atoms with Crippen LogP contribution in [-0.4, -0.2) is 16.5 Å². The molecule has 0 unspecified atom stereocenters. The number of halogens is 1. The van der Waals surface area contributed by atoms with Crippen LogP contribution in [0.1, 0.15) is 41.8 Å². The summed E-state index contributed by atoms with van der Waals surface area (Å²) in [5.41, 5.74) is 3.05. The fourth-order valence-corrected chi connectivity index (χ4v) is 4.69. The predicted octanol–water partition coefficient (Wildman–Crippen LogP) is 5.92. The minimum Gasteiger partial charge on any atom is -0.349 e. The van der Waals surface area contributed by atoms with Gasteiger partial charge in [0, 0.05) is 34.4 Å². The van der Waals surface area contributed by atoms with Crippen LogP contribution < -0.4 is 5.32 Å². The van der Waals surface area contributed by atoms with E-state index in [9.17, 15) is 4.79 Å². The Balaban J connectivity index is 1.70. The lowest BCUT2D eigenvalue weighted by Crippen LogP contribution is -2.36. The largest absolute Gasteiger partial charge is 0.349 e. The topological polar surface area (TPSA) is 34.0 Å². The summed E-state index contributed by atoms with van der Waals surface area (Å²) in [4.78, 5) is 13.8. The van der Waals surface area contributed by atoms with Crippen LogP contribution in [0.2, 0.25) is 5.02 Å². The number of thiophene rings is 1. The Hall–Kier alpha value is -2.04. The van der Waals surface area contributed by atoms with Crippen LogP contribution in [0.4, 0.5) is 0 Å². The molecule has 1 aliphatic carbocycles. The lowest BCUT2D eigenvalue weighted by atomic mass is 9.95. The van der Waals surface area contributed by atoms with Gasteiger partial charge in [-0.05, 0) is 42.7 Å². The first-order valence-electron chi connectivity index (χ1n) is 9.04. The molecule has 3 aromatic rings. The first-order chi connectivity index (χ1) is 12.7. The van der Waals surface area contributed by atoms with Gasteiger partial charge in [0.05, 0.1) is 5.69 Å². The van der Waals surface area contributed by atoms with Crippen molar-refractivity contribution in [3.05, 3.63) is 64.1 Å². The molecule has 2 aromatic heterocycles. The van der Waals surface area contributed by atoms with Gasteiger partial charge in [0.2, 0.25) is 0 Å². The molecule has 2 heterocycles. The number of nitrogens with zero attached hydrogens (tertiary/aromatic N) is 1. The number of rotatable bonds is 4. The number of hydrogen-bond donors (Lipinski definition) is 1. The van der Waals surface area contributed by atoms with Gasteiger partial charge >= 0.3 is 0 Å². The summed E-state index contributed by atoms with van der Waals surface area (Å²) in [5, 5.41) is 6.02. The minimum atomic E-state index is 0.0332. The van der Waals surface area contributed by atoms with Gasteiger partial charge in [-0.3, -0.25) is 4.79 Å². The van der Waals surface area contributed by atoms with E-state index >= 15 is 0 Å². The molecule has 5 heteroatoms. The molecule has 1 N–H and O–H groups in total. The monoisotopic (exact) mass is 384 g/mol. The van der Waals surface area contributed by atoms with Gasteiger partial charge in [-0.15, -0.1) is 11.3 Å². The Morgan fingerprint density at radius 2 is 1.77 bits per heavy atom. The quantitative estimate of drug-likeness (QED) is 0.595. The van der Waals surface area contributed by atoms with Crippen LogP contribution in [-0.2, 0) is 0 Å². The normalized spacial score (nSPS) is 15.1. The Bertz CT molecular complexity index is 877. The van der Waals surface area contributed by atoms with E-state index in [2.05, 4.69) is 10.7 Å². The second-order valence-corrected chi connectivity index (χ2v) is 8.05. The lowest BCUT2D eigenvalue weighted by molar-refractivity contribution is 0.0932. The highest BCUT2D eigenvalue weighted by atomic mass is 35.5. The zero-order valence-electron chi connectivity index (χ0n) is 14.5. The fraction of sp³-hybridized carbons (Fsp3) is 0.286. The molecule has 0 saturated heterocycles. The third kappa shape index (κ3) is 3.57. The van der Waals surface area contributed by atoms with Gasteiger partial charge in [-0.2, -0.15) is 0 Å². The summed E-state index contributed by atoms with van der Waals surface area (Å²) in [7, 11) is 0. The van der Waals surface area contributed by atoms with Crippen molar-refractivity contribution in [2.75, 3.05) is 0 Å². The van der Waals surface area contributed by atoms with Crippen LogP contribution in [0.25, 0.3) is 16.8 Å². The summed E-state index contributed by atoms with van der Waals surface area (Å²) < 4.78 is 2.02. The third-order valence-electron chi connectivity index (χ3n) is 4.93. The van der Waals surface area contributed by atoms with Gasteiger partial charge in [0.1, 0.15) is 4.88 Å². The van der Waals surface area contributed by atoms with Crippen molar-refractivity contribution < 1.29 is 4.79 Å².